The van der Waals surface area contributed by atoms with Gasteiger partial charge in [0.15, 0.2) is 0 Å². The number of ether oxygens (including phenoxy) is 3. The Morgan fingerprint density at radius 1 is 0.968 bits per heavy atom. The molecule has 0 radical (unpaired) electrons. The second kappa shape index (κ2) is 13.0. The van der Waals surface area contributed by atoms with E-state index < -0.39 is 12.1 Å². The molecule has 0 spiro atoms. The maximum Gasteiger partial charge on any atom is 0.407 e. The van der Waals surface area contributed by atoms with Crippen molar-refractivity contribution in [3.8, 4) is 11.5 Å². The quantitative estimate of drug-likeness (QED) is 0.434. The molecule has 0 aliphatic carbocycles. The molecule has 0 aliphatic heterocycles. The van der Waals surface area contributed by atoms with Crippen molar-refractivity contribution in [3.05, 3.63) is 22.3 Å². The van der Waals surface area contributed by atoms with Crippen molar-refractivity contribution >= 4 is 12.0 Å². The first-order chi connectivity index (χ1) is 14.6. The van der Waals surface area contributed by atoms with E-state index in [-0.39, 0.29) is 11.9 Å². The van der Waals surface area contributed by atoms with Crippen LogP contribution in [0.5, 0.6) is 11.5 Å². The van der Waals surface area contributed by atoms with E-state index in [1.165, 1.54) is 0 Å². The van der Waals surface area contributed by atoms with Gasteiger partial charge in [-0.05, 0) is 77.0 Å². The first kappa shape index (κ1) is 26.6. The van der Waals surface area contributed by atoms with Crippen molar-refractivity contribution in [2.24, 2.45) is 5.73 Å². The molecule has 0 fully saturated rings. The van der Waals surface area contributed by atoms with Gasteiger partial charge in [0.2, 0.25) is 5.91 Å². The van der Waals surface area contributed by atoms with Gasteiger partial charge < -0.3 is 30.6 Å². The van der Waals surface area contributed by atoms with E-state index in [0.29, 0.717) is 38.8 Å². The topological polar surface area (TPSA) is 112 Å². The number of alkyl carbamates (subject to hydrolysis) is 1. The van der Waals surface area contributed by atoms with Crippen LogP contribution < -0.4 is 25.8 Å². The molecule has 0 unspecified atom stereocenters. The van der Waals surface area contributed by atoms with Crippen molar-refractivity contribution in [2.45, 2.75) is 72.4 Å². The summed E-state index contributed by atoms with van der Waals surface area (Å²) in [6.45, 7) is 10.5. The van der Waals surface area contributed by atoms with E-state index >= 15 is 0 Å². The summed E-state index contributed by atoms with van der Waals surface area (Å²) in [7, 11) is 3.33. The Kier molecular flexibility index (Phi) is 11.2. The Bertz CT molecular complexity index is 749. The second-order valence-electron chi connectivity index (χ2n) is 8.00. The van der Waals surface area contributed by atoms with Gasteiger partial charge in [0.1, 0.15) is 11.5 Å². The third kappa shape index (κ3) is 7.94. The molecule has 176 valence electrons. The molecule has 1 atom stereocenters. The smallest absolute Gasteiger partial charge is 0.407 e. The van der Waals surface area contributed by atoms with E-state index in [1.54, 1.807) is 14.2 Å². The van der Waals surface area contributed by atoms with Crippen LogP contribution in [-0.2, 0) is 16.0 Å². The molecule has 8 heteroatoms. The summed E-state index contributed by atoms with van der Waals surface area (Å²) in [6, 6.07) is -0.520. The van der Waals surface area contributed by atoms with Crippen molar-refractivity contribution in [1.29, 1.82) is 0 Å². The molecular weight excluding hydrogens is 398 g/mol. The maximum absolute atomic E-state index is 11.9. The maximum atomic E-state index is 11.9. The average molecular weight is 438 g/mol. The minimum absolute atomic E-state index is 0.0559. The summed E-state index contributed by atoms with van der Waals surface area (Å²) >= 11 is 0. The minimum atomic E-state index is -0.576. The molecule has 1 aromatic rings. The van der Waals surface area contributed by atoms with Crippen LogP contribution in [0.25, 0.3) is 0 Å². The van der Waals surface area contributed by atoms with Crippen LogP contribution in [0.4, 0.5) is 4.79 Å². The number of methoxy groups -OCH3 is 2. The highest BCUT2D eigenvalue weighted by molar-refractivity contribution is 5.81. The zero-order valence-electron chi connectivity index (χ0n) is 20.0. The Morgan fingerprint density at radius 3 is 2.16 bits per heavy atom. The highest BCUT2D eigenvalue weighted by Crippen LogP contribution is 2.38. The molecule has 2 amide bonds. The Balaban J connectivity index is 2.41. The Hall–Kier alpha value is -2.48. The zero-order valence-corrected chi connectivity index (χ0v) is 20.0. The molecule has 0 aliphatic rings. The summed E-state index contributed by atoms with van der Waals surface area (Å²) in [5, 5.41) is 5.46. The van der Waals surface area contributed by atoms with Crippen molar-refractivity contribution in [3.63, 3.8) is 0 Å². The molecule has 1 aromatic carbocycles. The molecule has 0 saturated heterocycles. The number of nitrogens with one attached hydrogen (secondary N) is 2. The van der Waals surface area contributed by atoms with Gasteiger partial charge in [-0.1, -0.05) is 0 Å². The van der Waals surface area contributed by atoms with Gasteiger partial charge in [-0.25, -0.2) is 4.79 Å². The van der Waals surface area contributed by atoms with Crippen LogP contribution in [0, 0.1) is 20.8 Å². The van der Waals surface area contributed by atoms with Crippen LogP contribution in [0.3, 0.4) is 0 Å². The number of nitrogens with two attached hydrogens (primary N) is 1. The highest BCUT2D eigenvalue weighted by Gasteiger charge is 2.18. The predicted octanol–water partition coefficient (Wildman–Crippen LogP) is 2.92. The number of amides is 2. The summed E-state index contributed by atoms with van der Waals surface area (Å²) in [4.78, 5) is 23.6. The highest BCUT2D eigenvalue weighted by atomic mass is 16.5. The number of carbonyl (C=O) groups is 2. The van der Waals surface area contributed by atoms with Crippen LogP contribution >= 0.6 is 0 Å². The molecule has 1 rings (SSSR count). The zero-order chi connectivity index (χ0) is 23.6. The largest absolute Gasteiger partial charge is 0.496 e. The van der Waals surface area contributed by atoms with E-state index in [1.807, 2.05) is 34.6 Å². The Labute approximate surface area is 186 Å². The van der Waals surface area contributed by atoms with E-state index in [0.717, 1.165) is 33.8 Å². The van der Waals surface area contributed by atoms with Gasteiger partial charge in [-0.2, -0.15) is 0 Å². The van der Waals surface area contributed by atoms with Gasteiger partial charge in [-0.15, -0.1) is 0 Å². The fraction of sp³-hybridized carbons (Fsp3) is 0.652. The molecule has 8 nitrogen and oxygen atoms in total. The monoisotopic (exact) mass is 437 g/mol. The van der Waals surface area contributed by atoms with Gasteiger partial charge in [0.25, 0.3) is 0 Å². The number of hydrogen-bond acceptors (Lipinski definition) is 6. The SMILES string of the molecule is COc1c(C)c(C)c(OC)c(CCCOC(=O)NCCC[C@H](N)C(=O)NC(C)C)c1C. The lowest BCUT2D eigenvalue weighted by atomic mass is 9.94. The predicted molar refractivity (Wildman–Crippen MR) is 122 cm³/mol. The number of rotatable bonds is 12. The van der Waals surface area contributed by atoms with Gasteiger partial charge >= 0.3 is 6.09 Å². The number of carbonyl (C=O) groups excluding carboxylic acids is 2. The average Bonchev–Trinajstić information content (AvgIpc) is 2.71. The van der Waals surface area contributed by atoms with E-state index in [4.69, 9.17) is 19.9 Å². The minimum Gasteiger partial charge on any atom is -0.496 e. The molecule has 0 aromatic heterocycles. The molecule has 4 N–H and O–H groups in total. The molecule has 31 heavy (non-hydrogen) atoms. The van der Waals surface area contributed by atoms with Gasteiger partial charge in [0, 0.05) is 18.2 Å². The summed E-state index contributed by atoms with van der Waals surface area (Å²) in [5.74, 6) is 1.55. The van der Waals surface area contributed by atoms with Crippen LogP contribution in [-0.4, -0.2) is 51.5 Å². The fourth-order valence-electron chi connectivity index (χ4n) is 3.54. The number of hydrogen-bond donors (Lipinski definition) is 3. The van der Waals surface area contributed by atoms with Gasteiger partial charge in [-0.3, -0.25) is 4.79 Å². The first-order valence-corrected chi connectivity index (χ1v) is 10.8. The molecular formula is C23H39N3O5. The lowest BCUT2D eigenvalue weighted by molar-refractivity contribution is -0.123. The summed E-state index contributed by atoms with van der Waals surface area (Å²) in [5.41, 5.74) is 10.1. The first-order valence-electron chi connectivity index (χ1n) is 10.8. The van der Waals surface area contributed by atoms with Crippen LogP contribution in [0.2, 0.25) is 0 Å². The van der Waals surface area contributed by atoms with Gasteiger partial charge in [0.05, 0.1) is 26.9 Å². The van der Waals surface area contributed by atoms with Crippen molar-refractivity contribution < 1.29 is 23.8 Å². The second-order valence-corrected chi connectivity index (χ2v) is 8.00. The normalized spacial score (nSPS) is 11.8. The molecule has 0 saturated carbocycles. The van der Waals surface area contributed by atoms with E-state index in [9.17, 15) is 9.59 Å². The van der Waals surface area contributed by atoms with Crippen molar-refractivity contribution in [2.75, 3.05) is 27.4 Å². The molecule has 0 heterocycles. The lowest BCUT2D eigenvalue weighted by Crippen LogP contribution is -2.43. The van der Waals surface area contributed by atoms with Crippen LogP contribution in [0.15, 0.2) is 0 Å². The van der Waals surface area contributed by atoms with Crippen LogP contribution in [0.1, 0.15) is 55.4 Å². The number of benzene rings is 1. The summed E-state index contributed by atoms with van der Waals surface area (Å²) < 4.78 is 16.4. The van der Waals surface area contributed by atoms with Crippen molar-refractivity contribution in [1.82, 2.24) is 10.6 Å². The Morgan fingerprint density at radius 2 is 1.58 bits per heavy atom. The third-order valence-electron chi connectivity index (χ3n) is 5.25. The molecule has 0 bridgehead atoms. The lowest BCUT2D eigenvalue weighted by Gasteiger charge is -2.20. The fourth-order valence-corrected chi connectivity index (χ4v) is 3.54. The summed E-state index contributed by atoms with van der Waals surface area (Å²) in [6.07, 6.45) is 1.99. The standard InChI is InChI=1S/C23H39N3O5/c1-14(2)26-22(27)19(24)11-8-12-25-23(28)31-13-9-10-18-17(5)20(29-6)15(3)16(4)21(18)30-7/h14,19H,8-13,24H2,1-7H3,(H,25,28)(H,26,27)/t19-/m0/s1. The van der Waals surface area contributed by atoms with E-state index in [2.05, 4.69) is 10.6 Å². The third-order valence-corrected chi connectivity index (χ3v) is 5.25.